The van der Waals surface area contributed by atoms with Crippen LogP contribution in [0.2, 0.25) is 0 Å². The molecule has 0 aromatic heterocycles. The van der Waals surface area contributed by atoms with Gasteiger partial charge in [0, 0.05) is 10.9 Å². The Morgan fingerprint density at radius 2 is 1.93 bits per heavy atom. The summed E-state index contributed by atoms with van der Waals surface area (Å²) < 4.78 is 6.35. The average Bonchev–Trinajstić information content (AvgIpc) is 2.97. The second kappa shape index (κ2) is 9.71. The summed E-state index contributed by atoms with van der Waals surface area (Å²) in [6, 6.07) is 14.4. The molecule has 29 heavy (non-hydrogen) atoms. The van der Waals surface area contributed by atoms with Crippen LogP contribution in [0.3, 0.4) is 0 Å². The number of hydrogen-bond acceptors (Lipinski definition) is 6. The molecule has 3 rings (SSSR count). The van der Waals surface area contributed by atoms with Crippen LogP contribution >= 0.6 is 27.7 Å². The Labute approximate surface area is 181 Å². The van der Waals surface area contributed by atoms with E-state index in [9.17, 15) is 9.59 Å². The van der Waals surface area contributed by atoms with Gasteiger partial charge in [0.15, 0.2) is 5.17 Å². The average molecular weight is 475 g/mol. The number of carbonyl (C=O) groups is 2. The van der Waals surface area contributed by atoms with Crippen molar-refractivity contribution in [2.75, 3.05) is 11.5 Å². The van der Waals surface area contributed by atoms with Crippen molar-refractivity contribution in [1.82, 2.24) is 0 Å². The second-order valence-electron chi connectivity index (χ2n) is 6.04. The van der Waals surface area contributed by atoms with Crippen molar-refractivity contribution in [3.8, 4) is 5.75 Å². The minimum absolute atomic E-state index is 0.0589. The number of anilines is 1. The van der Waals surface area contributed by atoms with Crippen molar-refractivity contribution in [2.45, 2.75) is 18.6 Å². The summed E-state index contributed by atoms with van der Waals surface area (Å²) in [6.45, 7) is 2.43. The Hall–Kier alpha value is -2.65. The lowest BCUT2D eigenvalue weighted by molar-refractivity contribution is -0.121. The predicted molar refractivity (Wildman–Crippen MR) is 119 cm³/mol. The van der Waals surface area contributed by atoms with E-state index in [-0.39, 0.29) is 23.4 Å². The highest BCUT2D eigenvalue weighted by atomic mass is 79.9. The van der Waals surface area contributed by atoms with Crippen LogP contribution in [0.25, 0.3) is 0 Å². The SMILES string of the molecule is CCOc1ccc(N2C(=O)C[C@H](SC(N)=N/N=C\c3ccc(Br)cc3)C2=O)cc1. The number of amides is 2. The van der Waals surface area contributed by atoms with E-state index >= 15 is 0 Å². The molecule has 1 aliphatic rings. The van der Waals surface area contributed by atoms with Gasteiger partial charge in [-0.3, -0.25) is 9.59 Å². The van der Waals surface area contributed by atoms with E-state index in [0.29, 0.717) is 18.0 Å². The molecule has 2 amide bonds. The van der Waals surface area contributed by atoms with Crippen molar-refractivity contribution >= 4 is 56.6 Å². The maximum absolute atomic E-state index is 12.7. The second-order valence-corrected chi connectivity index (χ2v) is 8.18. The van der Waals surface area contributed by atoms with Gasteiger partial charge < -0.3 is 10.5 Å². The number of carbonyl (C=O) groups excluding carboxylic acids is 2. The third-order valence-electron chi connectivity index (χ3n) is 4.01. The van der Waals surface area contributed by atoms with E-state index in [1.165, 1.54) is 4.90 Å². The van der Waals surface area contributed by atoms with Gasteiger partial charge in [0.25, 0.3) is 0 Å². The van der Waals surface area contributed by atoms with Gasteiger partial charge in [-0.15, -0.1) is 5.10 Å². The van der Waals surface area contributed by atoms with Gasteiger partial charge >= 0.3 is 0 Å². The van der Waals surface area contributed by atoms with Crippen molar-refractivity contribution < 1.29 is 14.3 Å². The van der Waals surface area contributed by atoms with Crippen LogP contribution < -0.4 is 15.4 Å². The largest absolute Gasteiger partial charge is 0.494 e. The summed E-state index contributed by atoms with van der Waals surface area (Å²) in [4.78, 5) is 26.2. The molecule has 2 N–H and O–H groups in total. The van der Waals surface area contributed by atoms with Crippen molar-refractivity contribution in [3.05, 3.63) is 58.6 Å². The molecule has 0 saturated carbocycles. The molecule has 0 aliphatic carbocycles. The molecule has 150 valence electrons. The fourth-order valence-electron chi connectivity index (χ4n) is 2.70. The Balaban J connectivity index is 1.63. The molecule has 2 aromatic rings. The number of amidine groups is 1. The van der Waals surface area contributed by atoms with Gasteiger partial charge in [-0.1, -0.05) is 39.8 Å². The first kappa shape index (κ1) is 21.1. The van der Waals surface area contributed by atoms with Gasteiger partial charge in [-0.2, -0.15) is 5.10 Å². The normalized spacial score (nSPS) is 17.4. The number of ether oxygens (including phenoxy) is 1. The number of nitrogens with zero attached hydrogens (tertiary/aromatic N) is 3. The number of halogens is 1. The zero-order valence-corrected chi connectivity index (χ0v) is 18.0. The van der Waals surface area contributed by atoms with Gasteiger partial charge in [0.05, 0.1) is 18.5 Å². The standard InChI is InChI=1S/C20H19BrN4O3S/c1-2-28-16-9-7-15(8-10-16)25-18(26)11-17(19(25)27)29-20(22)24-23-12-13-3-5-14(21)6-4-13/h3-10,12,17H,2,11H2,1H3,(H2,22,24)/b23-12-/t17-/m0/s1. The Bertz CT molecular complexity index is 945. The first-order chi connectivity index (χ1) is 14.0. The van der Waals surface area contributed by atoms with Crippen molar-refractivity contribution in [1.29, 1.82) is 0 Å². The molecule has 1 saturated heterocycles. The third-order valence-corrected chi connectivity index (χ3v) is 5.51. The van der Waals surface area contributed by atoms with Crippen molar-refractivity contribution in [3.63, 3.8) is 0 Å². The van der Waals surface area contributed by atoms with Gasteiger partial charge in [-0.05, 0) is 48.9 Å². The summed E-state index contributed by atoms with van der Waals surface area (Å²) in [7, 11) is 0. The molecule has 0 unspecified atom stereocenters. The van der Waals surface area contributed by atoms with Crippen LogP contribution in [0.1, 0.15) is 18.9 Å². The Kier molecular flexibility index (Phi) is 7.05. The molecular weight excluding hydrogens is 456 g/mol. The zero-order chi connectivity index (χ0) is 20.8. The summed E-state index contributed by atoms with van der Waals surface area (Å²) in [5.74, 6) is 0.0864. The monoisotopic (exact) mass is 474 g/mol. The maximum atomic E-state index is 12.7. The number of nitrogens with two attached hydrogens (primary N) is 1. The van der Waals surface area contributed by atoms with E-state index in [4.69, 9.17) is 10.5 Å². The number of thioether (sulfide) groups is 1. The lowest BCUT2D eigenvalue weighted by atomic mass is 10.2. The van der Waals surface area contributed by atoms with Crippen LogP contribution in [0.4, 0.5) is 5.69 Å². The molecule has 1 atom stereocenters. The van der Waals surface area contributed by atoms with Crippen LogP contribution in [-0.4, -0.2) is 35.1 Å². The Morgan fingerprint density at radius 3 is 2.59 bits per heavy atom. The molecule has 0 spiro atoms. The summed E-state index contributed by atoms with van der Waals surface area (Å²) >= 11 is 4.40. The predicted octanol–water partition coefficient (Wildman–Crippen LogP) is 3.56. The number of imide groups is 1. The maximum Gasteiger partial charge on any atom is 0.247 e. The lowest BCUT2D eigenvalue weighted by Crippen LogP contribution is -2.31. The smallest absolute Gasteiger partial charge is 0.247 e. The van der Waals surface area contributed by atoms with Gasteiger partial charge in [0.1, 0.15) is 11.0 Å². The fourth-order valence-corrected chi connectivity index (χ4v) is 3.78. The molecule has 1 heterocycles. The van der Waals surface area contributed by atoms with Crippen LogP contribution in [0, 0.1) is 0 Å². The summed E-state index contributed by atoms with van der Waals surface area (Å²) in [5, 5.41) is 7.35. The van der Waals surface area contributed by atoms with Gasteiger partial charge in [-0.25, -0.2) is 4.90 Å². The van der Waals surface area contributed by atoms with E-state index in [2.05, 4.69) is 26.1 Å². The minimum atomic E-state index is -0.624. The van der Waals surface area contributed by atoms with E-state index in [1.807, 2.05) is 31.2 Å². The summed E-state index contributed by atoms with van der Waals surface area (Å²) in [5.41, 5.74) is 7.25. The van der Waals surface area contributed by atoms with Crippen LogP contribution in [0.15, 0.2) is 63.2 Å². The highest BCUT2D eigenvalue weighted by Crippen LogP contribution is 2.30. The highest BCUT2D eigenvalue weighted by Gasteiger charge is 2.40. The molecule has 0 bridgehead atoms. The quantitative estimate of drug-likeness (QED) is 0.298. The fraction of sp³-hybridized carbons (Fsp3) is 0.200. The zero-order valence-electron chi connectivity index (χ0n) is 15.6. The molecule has 1 fully saturated rings. The molecular formula is C20H19BrN4O3S. The highest BCUT2D eigenvalue weighted by molar-refractivity contribution is 9.10. The number of rotatable bonds is 6. The van der Waals surface area contributed by atoms with Crippen LogP contribution in [0.5, 0.6) is 5.75 Å². The van der Waals surface area contributed by atoms with E-state index in [0.717, 1.165) is 21.8 Å². The Morgan fingerprint density at radius 1 is 1.24 bits per heavy atom. The van der Waals surface area contributed by atoms with E-state index in [1.54, 1.807) is 30.5 Å². The third kappa shape index (κ3) is 5.45. The number of hydrogen-bond donors (Lipinski definition) is 1. The van der Waals surface area contributed by atoms with Crippen molar-refractivity contribution in [2.24, 2.45) is 15.9 Å². The number of benzene rings is 2. The van der Waals surface area contributed by atoms with E-state index < -0.39 is 5.25 Å². The van der Waals surface area contributed by atoms with Gasteiger partial charge in [0.2, 0.25) is 11.8 Å². The first-order valence-electron chi connectivity index (χ1n) is 8.86. The summed E-state index contributed by atoms with van der Waals surface area (Å²) in [6.07, 6.45) is 1.62. The first-order valence-corrected chi connectivity index (χ1v) is 10.5. The molecule has 7 nitrogen and oxygen atoms in total. The topological polar surface area (TPSA) is 97.3 Å². The minimum Gasteiger partial charge on any atom is -0.494 e. The molecule has 2 aromatic carbocycles. The molecule has 0 radical (unpaired) electrons. The molecule has 1 aliphatic heterocycles. The lowest BCUT2D eigenvalue weighted by Gasteiger charge is -2.15. The van der Waals surface area contributed by atoms with Crippen LogP contribution in [-0.2, 0) is 9.59 Å². The molecule has 9 heteroatoms.